The third kappa shape index (κ3) is 102. The van der Waals surface area contributed by atoms with Crippen LogP contribution in [0.2, 0.25) is 0 Å². The second kappa shape index (κ2) is 15.6. The van der Waals surface area contributed by atoms with Crippen molar-refractivity contribution < 1.29 is 48.6 Å². The molecule has 0 saturated carbocycles. The summed E-state index contributed by atoms with van der Waals surface area (Å²) in [6.07, 6.45) is 0. The van der Waals surface area contributed by atoms with E-state index in [9.17, 15) is 0 Å². The molecule has 0 aliphatic carbocycles. The summed E-state index contributed by atoms with van der Waals surface area (Å²) in [6.45, 7) is 0. The van der Waals surface area contributed by atoms with Gasteiger partial charge in [-0.3, -0.25) is 0 Å². The molecule has 0 unspecified atom stereocenters. The Labute approximate surface area is 73.2 Å². The van der Waals surface area contributed by atoms with Crippen molar-refractivity contribution in [2.75, 3.05) is 0 Å². The quantitative estimate of drug-likeness (QED) is 0.371. The minimum Gasteiger partial charge on any atom is -0.402 e. The van der Waals surface area contributed by atoms with Crippen LogP contribution in [0.25, 0.3) is 0 Å². The minimum absolute atomic E-state index is 0. The molecule has 0 bridgehead atoms. The first-order valence-corrected chi connectivity index (χ1v) is 0.775. The smallest absolute Gasteiger partial charge is 0.402 e. The third-order valence-electron chi connectivity index (χ3n) is 0. The molecule has 0 spiro atoms. The number of hydrogen-bond acceptors (Lipinski definition) is 3. The largest absolute Gasteiger partial charge is 0.631 e. The van der Waals surface area contributed by atoms with Gasteiger partial charge in [0.05, 0.1) is 0 Å². The van der Waals surface area contributed by atoms with Crippen molar-refractivity contribution in [2.45, 2.75) is 0 Å². The van der Waals surface area contributed by atoms with Gasteiger partial charge in [0.1, 0.15) is 0 Å². The fraction of sp³-hybridized carbons (Fsp3) is 0. The van der Waals surface area contributed by atoms with Crippen LogP contribution in [0, 0.1) is 0 Å². The predicted octanol–water partition coefficient (Wildman–Crippen LogP) is -3.24. The van der Waals surface area contributed by atoms with Gasteiger partial charge in [0.25, 0.3) is 0 Å². The van der Waals surface area contributed by atoms with Crippen molar-refractivity contribution in [3.8, 4) is 0 Å². The van der Waals surface area contributed by atoms with Gasteiger partial charge >= 0.3 is 7.32 Å². The maximum atomic E-state index is 7.17. The predicted molar refractivity (Wildman–Crippen MR) is 22.3 cm³/mol. The van der Waals surface area contributed by atoms with Gasteiger partial charge in [-0.1, -0.05) is 0 Å². The summed E-state index contributed by atoms with van der Waals surface area (Å²) in [7, 11) is -2.17. The maximum Gasteiger partial charge on any atom is 0.631 e. The Balaban J connectivity index is -0.0000000150. The van der Waals surface area contributed by atoms with Crippen LogP contribution in [0.15, 0.2) is 0 Å². The molecule has 1 radical (unpaired) electrons. The Kier molecular flexibility index (Phi) is 52.8. The molecule has 0 saturated heterocycles. The van der Waals surface area contributed by atoms with Crippen molar-refractivity contribution in [1.29, 1.82) is 0 Å². The zero-order chi connectivity index (χ0) is 3.58. The van der Waals surface area contributed by atoms with E-state index < -0.39 is 7.32 Å². The average molecular weight is 214 g/mol. The van der Waals surface area contributed by atoms with E-state index in [4.69, 9.17) is 15.1 Å². The Bertz CT molecular complexity index is 19.7. The molecule has 0 heterocycles. The number of rotatable bonds is 0. The van der Waals surface area contributed by atoms with Crippen molar-refractivity contribution >= 4 is 24.7 Å². The van der Waals surface area contributed by atoms with Crippen LogP contribution < -0.4 is 0 Å². The van der Waals surface area contributed by atoms with Gasteiger partial charge in [0.2, 0.25) is 0 Å². The molecule has 0 aliphatic heterocycles. The van der Waals surface area contributed by atoms with Crippen molar-refractivity contribution in [3.63, 3.8) is 0 Å². The second-order valence-electron chi connectivity index (χ2n) is 0.346. The van der Waals surface area contributed by atoms with Gasteiger partial charge in [0, 0.05) is 33.6 Å². The van der Waals surface area contributed by atoms with Crippen LogP contribution in [0.1, 0.15) is 0 Å². The van der Waals surface area contributed by atoms with E-state index in [1.54, 1.807) is 0 Å². The molecule has 0 aromatic heterocycles. The molecule has 0 aliphatic rings. The van der Waals surface area contributed by atoms with Crippen LogP contribution in [-0.4, -0.2) is 39.8 Å². The molecule has 3 N–H and O–H groups in total. The van der Waals surface area contributed by atoms with Crippen molar-refractivity contribution in [2.24, 2.45) is 0 Å². The van der Waals surface area contributed by atoms with Gasteiger partial charge in [0.15, 0.2) is 17.4 Å². The van der Waals surface area contributed by atoms with Gasteiger partial charge in [-0.15, -0.1) is 0 Å². The van der Waals surface area contributed by atoms with E-state index >= 15 is 0 Å². The van der Waals surface area contributed by atoms with E-state index in [-0.39, 0.29) is 50.9 Å². The molecule has 3 nitrogen and oxygen atoms in total. The van der Waals surface area contributed by atoms with E-state index in [2.05, 4.69) is 0 Å². The van der Waals surface area contributed by atoms with Crippen LogP contribution >= 0.6 is 0 Å². The Morgan fingerprint density at radius 1 is 1.00 bits per heavy atom. The molecule has 7 heavy (non-hydrogen) atoms. The molecule has 0 amide bonds. The Hall–Kier alpha value is 1.49. The summed E-state index contributed by atoms with van der Waals surface area (Å²) in [5.74, 6) is 0. The summed E-state index contributed by atoms with van der Waals surface area (Å²) >= 11 is 0. The summed E-state index contributed by atoms with van der Waals surface area (Å²) in [5, 5.41) is 21.5. The first kappa shape index (κ1) is 23.6. The van der Waals surface area contributed by atoms with Crippen LogP contribution in [-0.2, 0) is 33.6 Å². The van der Waals surface area contributed by atoms with E-state index in [1.807, 2.05) is 0 Å². The second-order valence-corrected chi connectivity index (χ2v) is 0.346. The average Bonchev–Trinajstić information content (AvgIpc) is 0.811. The third-order valence-corrected chi connectivity index (χ3v) is 0. The first-order valence-electron chi connectivity index (χ1n) is 0.775. The normalized spacial score (nSPS) is 3.86. The Morgan fingerprint density at radius 3 is 1.00 bits per heavy atom. The summed E-state index contributed by atoms with van der Waals surface area (Å²) in [5.41, 5.74) is 0. The van der Waals surface area contributed by atoms with E-state index in [1.165, 1.54) is 0 Å². The molecule has 0 aromatic carbocycles. The van der Waals surface area contributed by atoms with E-state index in [0.717, 1.165) is 0 Å². The van der Waals surface area contributed by atoms with Gasteiger partial charge < -0.3 is 15.1 Å². The van der Waals surface area contributed by atoms with Gasteiger partial charge in [-0.2, -0.15) is 0 Å². The summed E-state index contributed by atoms with van der Waals surface area (Å²) in [4.78, 5) is 0. The van der Waals surface area contributed by atoms with Crippen molar-refractivity contribution in [3.05, 3.63) is 0 Å². The number of hydrogen-bond donors (Lipinski definition) is 3. The molecule has 0 fully saturated rings. The minimum atomic E-state index is -2.17. The van der Waals surface area contributed by atoms with Crippen LogP contribution in [0.5, 0.6) is 0 Å². The molecular formula is H6AlBCuNiO3. The van der Waals surface area contributed by atoms with Crippen molar-refractivity contribution in [1.82, 2.24) is 0 Å². The van der Waals surface area contributed by atoms with Crippen LogP contribution in [0.4, 0.5) is 0 Å². The topological polar surface area (TPSA) is 60.7 Å². The fourth-order valence-corrected chi connectivity index (χ4v) is 0. The van der Waals surface area contributed by atoms with Gasteiger partial charge in [-0.25, -0.2) is 0 Å². The Morgan fingerprint density at radius 2 is 1.00 bits per heavy atom. The summed E-state index contributed by atoms with van der Waals surface area (Å²) in [6, 6.07) is 0. The molecule has 51 valence electrons. The summed E-state index contributed by atoms with van der Waals surface area (Å²) < 4.78 is 0. The van der Waals surface area contributed by atoms with E-state index in [0.29, 0.717) is 0 Å². The standard InChI is InChI=1S/Al.BH3O3.Cu.Ni.3H/c;2-1(3)4;;;;;/h;2-4H;;;;;. The molecule has 0 atom stereocenters. The SMILES string of the molecule is OB(O)O.[AlH3].[Cu].[Ni]. The van der Waals surface area contributed by atoms with Gasteiger partial charge in [-0.05, 0) is 0 Å². The fourth-order valence-electron chi connectivity index (χ4n) is 0. The molecule has 0 rings (SSSR count). The molecule has 7 heteroatoms. The maximum absolute atomic E-state index is 7.17. The molecular weight excluding hydrogens is 208 g/mol. The molecule has 0 aromatic rings. The monoisotopic (exact) mass is 213 g/mol. The zero-order valence-corrected chi connectivity index (χ0v) is 4.47. The zero-order valence-electron chi connectivity index (χ0n) is 2.54. The first-order chi connectivity index (χ1) is 1.73. The van der Waals surface area contributed by atoms with Crippen LogP contribution in [0.3, 0.4) is 0 Å².